The van der Waals surface area contributed by atoms with Gasteiger partial charge in [-0.1, -0.05) is 12.2 Å². The van der Waals surface area contributed by atoms with Crippen LogP contribution in [-0.4, -0.2) is 35.2 Å². The second-order valence-corrected chi connectivity index (χ2v) is 6.67. The Hall–Kier alpha value is -1.36. The first kappa shape index (κ1) is 17.0. The second-order valence-electron chi connectivity index (χ2n) is 6.30. The van der Waals surface area contributed by atoms with Gasteiger partial charge in [-0.2, -0.15) is 0 Å². The molecule has 0 unspecified atom stereocenters. The van der Waals surface area contributed by atoms with Crippen molar-refractivity contribution in [3.8, 4) is 0 Å². The van der Waals surface area contributed by atoms with E-state index in [1.54, 1.807) is 13.8 Å². The monoisotopic (exact) mass is 327 g/mol. The van der Waals surface area contributed by atoms with E-state index in [9.17, 15) is 14.4 Å². The number of amides is 1. The summed E-state index contributed by atoms with van der Waals surface area (Å²) in [4.78, 5) is 36.3. The van der Waals surface area contributed by atoms with E-state index < -0.39 is 17.1 Å². The van der Waals surface area contributed by atoms with E-state index in [0.717, 1.165) is 19.3 Å². The molecule has 6 heteroatoms. The van der Waals surface area contributed by atoms with Crippen molar-refractivity contribution in [3.05, 3.63) is 12.2 Å². The maximum atomic E-state index is 13.0. The molecule has 5 nitrogen and oxygen atoms in total. The Morgan fingerprint density at radius 1 is 1.55 bits per heavy atom. The molecule has 0 aromatic rings. The van der Waals surface area contributed by atoms with Crippen molar-refractivity contribution in [1.29, 1.82) is 0 Å². The molecule has 22 heavy (non-hydrogen) atoms. The first-order valence-corrected chi connectivity index (χ1v) is 8.14. The van der Waals surface area contributed by atoms with E-state index in [4.69, 9.17) is 16.3 Å². The zero-order valence-corrected chi connectivity index (χ0v) is 13.7. The van der Waals surface area contributed by atoms with Gasteiger partial charge >= 0.3 is 0 Å². The Morgan fingerprint density at radius 2 is 2.27 bits per heavy atom. The Balaban J connectivity index is 2.39. The molecule has 0 spiro atoms. The van der Waals surface area contributed by atoms with Crippen LogP contribution in [0.5, 0.6) is 0 Å². The predicted molar refractivity (Wildman–Crippen MR) is 82.4 cm³/mol. The van der Waals surface area contributed by atoms with Gasteiger partial charge in [0.2, 0.25) is 5.91 Å². The summed E-state index contributed by atoms with van der Waals surface area (Å²) in [6.45, 7) is 3.60. The summed E-state index contributed by atoms with van der Waals surface area (Å²) in [7, 11) is 0. The number of hydrogen-bond donors (Lipinski definition) is 1. The molecule has 1 aliphatic heterocycles. The van der Waals surface area contributed by atoms with Gasteiger partial charge in [-0.05, 0) is 39.5 Å². The highest BCUT2D eigenvalue weighted by Gasteiger charge is 2.65. The van der Waals surface area contributed by atoms with Crippen molar-refractivity contribution in [2.45, 2.75) is 50.7 Å². The number of Topliss-reactive ketones (excluding diaryl/α,β-unsaturated/α-hetero) is 1. The zero-order chi connectivity index (χ0) is 16.4. The van der Waals surface area contributed by atoms with Crippen LogP contribution in [0.15, 0.2) is 12.2 Å². The fourth-order valence-electron chi connectivity index (χ4n) is 3.58. The van der Waals surface area contributed by atoms with Gasteiger partial charge in [0.25, 0.3) is 6.47 Å². The van der Waals surface area contributed by atoms with Crippen molar-refractivity contribution in [2.75, 3.05) is 5.88 Å². The Bertz CT molecular complexity index is 506. The molecule has 1 saturated heterocycles. The molecular weight excluding hydrogens is 306 g/mol. The minimum Gasteiger partial charge on any atom is -0.458 e. The number of alkyl halides is 1. The predicted octanol–water partition coefficient (Wildman–Crippen LogP) is 1.98. The van der Waals surface area contributed by atoms with Gasteiger partial charge in [-0.25, -0.2) is 0 Å². The van der Waals surface area contributed by atoms with Crippen molar-refractivity contribution < 1.29 is 19.1 Å². The number of allylic oxidation sites excluding steroid dienone is 2. The maximum Gasteiger partial charge on any atom is 0.293 e. The molecule has 1 amide bonds. The smallest absolute Gasteiger partial charge is 0.293 e. The fourth-order valence-corrected chi connectivity index (χ4v) is 3.80. The van der Waals surface area contributed by atoms with Crippen LogP contribution in [0.3, 0.4) is 0 Å². The standard InChI is InChI=1S/C16H22ClNO4/c1-15(13(20)11-6-4-3-5-7-11)16(2,22-10-19)12(8-9-17)14(21)18-15/h4,6,10-12H,3,5,7-9H2,1-2H3,(H,18,21)/t11-,12+,15-,16+/m1/s1. The molecule has 2 rings (SSSR count). The summed E-state index contributed by atoms with van der Waals surface area (Å²) < 4.78 is 5.29. The van der Waals surface area contributed by atoms with Gasteiger partial charge in [0.05, 0.1) is 5.92 Å². The molecule has 1 heterocycles. The molecule has 0 bridgehead atoms. The van der Waals surface area contributed by atoms with Crippen molar-refractivity contribution in [3.63, 3.8) is 0 Å². The normalized spacial score (nSPS) is 37.7. The topological polar surface area (TPSA) is 72.5 Å². The molecule has 0 radical (unpaired) electrons. The highest BCUT2D eigenvalue weighted by Crippen LogP contribution is 2.43. The number of ketones is 1. The van der Waals surface area contributed by atoms with Crippen molar-refractivity contribution in [1.82, 2.24) is 5.32 Å². The summed E-state index contributed by atoms with van der Waals surface area (Å²) in [5, 5.41) is 2.77. The molecule has 122 valence electrons. The van der Waals surface area contributed by atoms with Crippen LogP contribution in [-0.2, 0) is 19.1 Å². The SMILES string of the molecule is C[C@]1(OC=O)[C@@H](CCCl)C(=O)N[C@]1(C)C(=O)[C@@H]1C=CCCC1. The average molecular weight is 328 g/mol. The lowest BCUT2D eigenvalue weighted by Gasteiger charge is -2.41. The van der Waals surface area contributed by atoms with Crippen LogP contribution in [0.2, 0.25) is 0 Å². The molecule has 1 aliphatic carbocycles. The number of carbonyl (C=O) groups excluding carboxylic acids is 3. The molecular formula is C16H22ClNO4. The molecule has 2 aliphatic rings. The van der Waals surface area contributed by atoms with Gasteiger partial charge in [-0.3, -0.25) is 14.4 Å². The lowest BCUT2D eigenvalue weighted by molar-refractivity contribution is -0.158. The fraction of sp³-hybridized carbons (Fsp3) is 0.688. The van der Waals surface area contributed by atoms with Gasteiger partial charge in [0.15, 0.2) is 11.4 Å². The first-order chi connectivity index (χ1) is 10.4. The zero-order valence-electron chi connectivity index (χ0n) is 12.9. The molecule has 0 aromatic carbocycles. The van der Waals surface area contributed by atoms with Gasteiger partial charge in [0, 0.05) is 11.8 Å². The van der Waals surface area contributed by atoms with E-state index in [2.05, 4.69) is 5.32 Å². The summed E-state index contributed by atoms with van der Waals surface area (Å²) in [6.07, 6.45) is 6.87. The van der Waals surface area contributed by atoms with Crippen LogP contribution in [0.1, 0.15) is 39.5 Å². The molecule has 1 N–H and O–H groups in total. The van der Waals surface area contributed by atoms with Crippen LogP contribution in [0.4, 0.5) is 0 Å². The van der Waals surface area contributed by atoms with Gasteiger partial charge in [-0.15, -0.1) is 11.6 Å². The average Bonchev–Trinajstić information content (AvgIpc) is 2.70. The Morgan fingerprint density at radius 3 is 2.82 bits per heavy atom. The molecule has 1 fully saturated rings. The van der Waals surface area contributed by atoms with Crippen LogP contribution in [0.25, 0.3) is 0 Å². The van der Waals surface area contributed by atoms with Crippen LogP contribution < -0.4 is 5.32 Å². The van der Waals surface area contributed by atoms with E-state index in [-0.39, 0.29) is 23.5 Å². The maximum absolute atomic E-state index is 13.0. The third kappa shape index (κ3) is 2.56. The molecule has 0 saturated carbocycles. The molecule has 4 atom stereocenters. The van der Waals surface area contributed by atoms with Crippen LogP contribution in [0, 0.1) is 11.8 Å². The van der Waals surface area contributed by atoms with E-state index >= 15 is 0 Å². The number of halogens is 1. The van der Waals surface area contributed by atoms with E-state index in [1.807, 2.05) is 12.2 Å². The Labute approximate surface area is 135 Å². The summed E-state index contributed by atoms with van der Waals surface area (Å²) >= 11 is 5.78. The minimum absolute atomic E-state index is 0.113. The number of nitrogens with one attached hydrogen (secondary N) is 1. The number of carbonyl (C=O) groups is 3. The van der Waals surface area contributed by atoms with Crippen molar-refractivity contribution in [2.24, 2.45) is 11.8 Å². The van der Waals surface area contributed by atoms with Gasteiger partial charge in [0.1, 0.15) is 5.54 Å². The third-order valence-corrected chi connectivity index (χ3v) is 5.34. The number of rotatable bonds is 6. The van der Waals surface area contributed by atoms with Crippen LogP contribution >= 0.6 is 11.6 Å². The number of ether oxygens (including phenoxy) is 1. The third-order valence-electron chi connectivity index (χ3n) is 5.12. The van der Waals surface area contributed by atoms with Crippen molar-refractivity contribution >= 4 is 29.8 Å². The first-order valence-electron chi connectivity index (χ1n) is 7.61. The lowest BCUT2D eigenvalue weighted by Crippen LogP contribution is -2.62. The largest absolute Gasteiger partial charge is 0.458 e. The summed E-state index contributed by atoms with van der Waals surface area (Å²) in [5.74, 6) is -1.04. The van der Waals surface area contributed by atoms with E-state index in [1.165, 1.54) is 0 Å². The lowest BCUT2D eigenvalue weighted by atomic mass is 9.70. The summed E-state index contributed by atoms with van der Waals surface area (Å²) in [6, 6.07) is 0. The second kappa shape index (κ2) is 6.41. The highest BCUT2D eigenvalue weighted by molar-refractivity contribution is 6.18. The number of hydrogen-bond acceptors (Lipinski definition) is 4. The van der Waals surface area contributed by atoms with Gasteiger partial charge < -0.3 is 10.1 Å². The quantitative estimate of drug-likeness (QED) is 0.460. The van der Waals surface area contributed by atoms with E-state index in [0.29, 0.717) is 12.9 Å². The minimum atomic E-state index is -1.24. The highest BCUT2D eigenvalue weighted by atomic mass is 35.5. The molecule has 0 aromatic heterocycles. The Kier molecular flexibility index (Phi) is 4.95. The summed E-state index contributed by atoms with van der Waals surface area (Å²) in [5.41, 5.74) is -2.48.